The molecule has 0 aromatic carbocycles. The van der Waals surface area contributed by atoms with Gasteiger partial charge in [0, 0.05) is 12.0 Å². The van der Waals surface area contributed by atoms with E-state index in [0.717, 1.165) is 45.2 Å². The van der Waals surface area contributed by atoms with Gasteiger partial charge in [0.1, 0.15) is 0 Å². The third-order valence-corrected chi connectivity index (χ3v) is 4.28. The number of amides is 1. The first-order valence-electron chi connectivity index (χ1n) is 7.13. The average Bonchev–Trinajstić information content (AvgIpc) is 2.83. The average molecular weight is 240 g/mol. The summed E-state index contributed by atoms with van der Waals surface area (Å²) in [6, 6.07) is 0. The van der Waals surface area contributed by atoms with E-state index >= 15 is 0 Å². The molecule has 3 nitrogen and oxygen atoms in total. The molecule has 17 heavy (non-hydrogen) atoms. The summed E-state index contributed by atoms with van der Waals surface area (Å²) in [6.07, 6.45) is 7.72. The van der Waals surface area contributed by atoms with Gasteiger partial charge in [-0.15, -0.1) is 0 Å². The van der Waals surface area contributed by atoms with Crippen molar-refractivity contribution in [2.75, 3.05) is 13.1 Å². The predicted octanol–water partition coefficient (Wildman–Crippen LogP) is 2.45. The van der Waals surface area contributed by atoms with E-state index < -0.39 is 0 Å². The number of nitrogens with one attached hydrogen (secondary N) is 1. The Morgan fingerprint density at radius 2 is 2.06 bits per heavy atom. The molecule has 0 radical (unpaired) electrons. The van der Waals surface area contributed by atoms with Crippen molar-refractivity contribution >= 4 is 5.91 Å². The molecule has 3 N–H and O–H groups in total. The molecule has 0 aromatic heterocycles. The minimum atomic E-state index is -0.0422. The quantitative estimate of drug-likeness (QED) is 0.672. The largest absolute Gasteiger partial charge is 0.356 e. The van der Waals surface area contributed by atoms with Crippen LogP contribution in [-0.4, -0.2) is 19.0 Å². The number of nitrogens with two attached hydrogens (primary N) is 1. The molecule has 1 aliphatic rings. The summed E-state index contributed by atoms with van der Waals surface area (Å²) in [5.74, 6) is 0.858. The van der Waals surface area contributed by atoms with Crippen LogP contribution in [0.3, 0.4) is 0 Å². The van der Waals surface area contributed by atoms with Gasteiger partial charge in [-0.3, -0.25) is 4.79 Å². The van der Waals surface area contributed by atoms with Crippen molar-refractivity contribution < 1.29 is 4.79 Å². The molecule has 1 unspecified atom stereocenters. The molecule has 3 heteroatoms. The second-order valence-electron chi connectivity index (χ2n) is 5.58. The van der Waals surface area contributed by atoms with E-state index in [4.69, 9.17) is 5.73 Å². The number of carbonyl (C=O) groups excluding carboxylic acids is 1. The van der Waals surface area contributed by atoms with Crippen molar-refractivity contribution in [2.45, 2.75) is 58.8 Å². The SMILES string of the molecule is CCC1(C(=O)NCCCC(C)CN)CCCC1. The Hall–Kier alpha value is -0.570. The number of rotatable bonds is 7. The molecule has 1 amide bonds. The van der Waals surface area contributed by atoms with Gasteiger partial charge in [-0.2, -0.15) is 0 Å². The maximum Gasteiger partial charge on any atom is 0.226 e. The Balaban J connectivity index is 2.24. The standard InChI is InChI=1S/C14H28N2O/c1-3-14(8-4-5-9-14)13(17)16-10-6-7-12(2)11-15/h12H,3-11,15H2,1-2H3,(H,16,17). The highest BCUT2D eigenvalue weighted by Gasteiger charge is 2.38. The summed E-state index contributed by atoms with van der Waals surface area (Å²) in [6.45, 7) is 5.85. The molecule has 100 valence electrons. The van der Waals surface area contributed by atoms with Crippen LogP contribution in [0, 0.1) is 11.3 Å². The smallest absolute Gasteiger partial charge is 0.226 e. The van der Waals surface area contributed by atoms with E-state index in [-0.39, 0.29) is 11.3 Å². The van der Waals surface area contributed by atoms with Crippen molar-refractivity contribution in [1.82, 2.24) is 5.32 Å². The summed E-state index contributed by atoms with van der Waals surface area (Å²) in [5, 5.41) is 3.12. The van der Waals surface area contributed by atoms with Gasteiger partial charge in [-0.25, -0.2) is 0 Å². The number of hydrogen-bond acceptors (Lipinski definition) is 2. The highest BCUT2D eigenvalue weighted by atomic mass is 16.2. The lowest BCUT2D eigenvalue weighted by atomic mass is 9.82. The summed E-state index contributed by atoms with van der Waals surface area (Å²) in [4.78, 5) is 12.2. The zero-order valence-corrected chi connectivity index (χ0v) is 11.4. The molecule has 1 rings (SSSR count). The summed E-state index contributed by atoms with van der Waals surface area (Å²) in [5.41, 5.74) is 5.53. The molecule has 0 bridgehead atoms. The van der Waals surface area contributed by atoms with E-state index in [9.17, 15) is 4.79 Å². The third kappa shape index (κ3) is 3.98. The molecule has 0 heterocycles. The van der Waals surface area contributed by atoms with Crippen molar-refractivity contribution in [3.05, 3.63) is 0 Å². The molecule has 0 spiro atoms. The fourth-order valence-electron chi connectivity index (χ4n) is 2.75. The summed E-state index contributed by atoms with van der Waals surface area (Å²) < 4.78 is 0. The Morgan fingerprint density at radius 3 is 2.59 bits per heavy atom. The Kier molecular flexibility index (Phi) is 5.96. The highest BCUT2D eigenvalue weighted by Crippen LogP contribution is 2.40. The van der Waals surface area contributed by atoms with Crippen LogP contribution in [0.1, 0.15) is 58.8 Å². The van der Waals surface area contributed by atoms with Gasteiger partial charge in [0.25, 0.3) is 0 Å². The molecule has 1 fully saturated rings. The van der Waals surface area contributed by atoms with Gasteiger partial charge in [0.05, 0.1) is 0 Å². The van der Waals surface area contributed by atoms with E-state index in [1.54, 1.807) is 0 Å². The van der Waals surface area contributed by atoms with Gasteiger partial charge in [-0.1, -0.05) is 26.7 Å². The van der Waals surface area contributed by atoms with Crippen LogP contribution >= 0.6 is 0 Å². The Labute approximate surface area is 106 Å². The van der Waals surface area contributed by atoms with Crippen molar-refractivity contribution in [2.24, 2.45) is 17.1 Å². The lowest BCUT2D eigenvalue weighted by Gasteiger charge is -2.26. The zero-order chi connectivity index (χ0) is 12.7. The Morgan fingerprint density at radius 1 is 1.41 bits per heavy atom. The van der Waals surface area contributed by atoms with Gasteiger partial charge >= 0.3 is 0 Å². The molecule has 1 atom stereocenters. The van der Waals surface area contributed by atoms with Crippen molar-refractivity contribution in [3.8, 4) is 0 Å². The van der Waals surface area contributed by atoms with E-state index in [1.807, 2.05) is 0 Å². The first kappa shape index (κ1) is 14.5. The second-order valence-corrected chi connectivity index (χ2v) is 5.58. The molecular formula is C14H28N2O. The van der Waals surface area contributed by atoms with Crippen LogP contribution in [0.15, 0.2) is 0 Å². The first-order chi connectivity index (χ1) is 8.14. The molecule has 0 aliphatic heterocycles. The maximum absolute atomic E-state index is 12.2. The maximum atomic E-state index is 12.2. The minimum absolute atomic E-state index is 0.0422. The minimum Gasteiger partial charge on any atom is -0.356 e. The summed E-state index contributed by atoms with van der Waals surface area (Å²) in [7, 11) is 0. The van der Waals surface area contributed by atoms with Crippen LogP contribution in [0.2, 0.25) is 0 Å². The van der Waals surface area contributed by atoms with Crippen molar-refractivity contribution in [3.63, 3.8) is 0 Å². The van der Waals surface area contributed by atoms with E-state index in [0.29, 0.717) is 5.92 Å². The lowest BCUT2D eigenvalue weighted by molar-refractivity contribution is -0.131. The highest BCUT2D eigenvalue weighted by molar-refractivity contribution is 5.82. The van der Waals surface area contributed by atoms with Crippen molar-refractivity contribution in [1.29, 1.82) is 0 Å². The topological polar surface area (TPSA) is 55.1 Å². The molecule has 0 aromatic rings. The molecule has 1 aliphatic carbocycles. The second kappa shape index (κ2) is 7.00. The van der Waals surface area contributed by atoms with Gasteiger partial charge in [0.15, 0.2) is 0 Å². The van der Waals surface area contributed by atoms with Crippen LogP contribution in [0.5, 0.6) is 0 Å². The fourth-order valence-corrected chi connectivity index (χ4v) is 2.75. The zero-order valence-electron chi connectivity index (χ0n) is 11.4. The first-order valence-corrected chi connectivity index (χ1v) is 7.13. The summed E-state index contributed by atoms with van der Waals surface area (Å²) >= 11 is 0. The van der Waals surface area contributed by atoms with Gasteiger partial charge in [-0.05, 0) is 44.6 Å². The van der Waals surface area contributed by atoms with E-state index in [2.05, 4.69) is 19.2 Å². The van der Waals surface area contributed by atoms with Crippen LogP contribution in [-0.2, 0) is 4.79 Å². The van der Waals surface area contributed by atoms with Gasteiger partial charge in [0.2, 0.25) is 5.91 Å². The fraction of sp³-hybridized carbons (Fsp3) is 0.929. The van der Waals surface area contributed by atoms with Crippen LogP contribution in [0.25, 0.3) is 0 Å². The van der Waals surface area contributed by atoms with Gasteiger partial charge < -0.3 is 11.1 Å². The number of carbonyl (C=O) groups is 1. The number of hydrogen-bond donors (Lipinski definition) is 2. The molecule has 1 saturated carbocycles. The third-order valence-electron chi connectivity index (χ3n) is 4.28. The molecular weight excluding hydrogens is 212 g/mol. The van der Waals surface area contributed by atoms with E-state index in [1.165, 1.54) is 12.8 Å². The van der Waals surface area contributed by atoms with Crippen LogP contribution in [0.4, 0.5) is 0 Å². The normalized spacial score (nSPS) is 20.2. The molecule has 0 saturated heterocycles. The Bertz CT molecular complexity index is 234. The predicted molar refractivity (Wildman–Crippen MR) is 71.7 cm³/mol. The lowest BCUT2D eigenvalue weighted by Crippen LogP contribution is -2.39. The van der Waals surface area contributed by atoms with Crippen LogP contribution < -0.4 is 11.1 Å². The monoisotopic (exact) mass is 240 g/mol.